The van der Waals surface area contributed by atoms with Crippen LogP contribution in [0.3, 0.4) is 0 Å². The minimum absolute atomic E-state index is 1.11. The van der Waals surface area contributed by atoms with Crippen LogP contribution in [-0.4, -0.2) is 0 Å². The van der Waals surface area contributed by atoms with E-state index in [0.29, 0.717) is 0 Å². The molecule has 0 spiro atoms. The summed E-state index contributed by atoms with van der Waals surface area (Å²) in [7, 11) is 0. The van der Waals surface area contributed by atoms with E-state index in [9.17, 15) is 0 Å². The molecule has 0 aliphatic heterocycles. The first-order chi connectivity index (χ1) is 11.7. The minimum atomic E-state index is 1.11. The molecule has 0 aliphatic rings. The van der Waals surface area contributed by atoms with Crippen LogP contribution in [0, 0.1) is 6.92 Å². The summed E-state index contributed by atoms with van der Waals surface area (Å²) in [6, 6.07) is 26.1. The molecule has 24 heavy (non-hydrogen) atoms. The Balaban J connectivity index is 1.80. The molecule has 0 heterocycles. The minimum Gasteiger partial charge on any atom is -0.0587 e. The van der Waals surface area contributed by atoms with Gasteiger partial charge >= 0.3 is 0 Å². The molecule has 1 heteroatoms. The van der Waals surface area contributed by atoms with Crippen molar-refractivity contribution in [2.45, 2.75) is 6.92 Å². The Labute approximate surface area is 150 Å². The Kier molecular flexibility index (Phi) is 3.95. The van der Waals surface area contributed by atoms with Crippen LogP contribution in [0.2, 0.25) is 0 Å². The molecule has 0 N–H and O–H groups in total. The Morgan fingerprint density at radius 1 is 0.625 bits per heavy atom. The average molecular weight is 373 g/mol. The van der Waals surface area contributed by atoms with Gasteiger partial charge in [-0.05, 0) is 57.8 Å². The first-order valence-electron chi connectivity index (χ1n) is 8.06. The summed E-state index contributed by atoms with van der Waals surface area (Å²) in [4.78, 5) is 0. The fraction of sp³-hybridized carbons (Fsp3) is 0.0435. The highest BCUT2D eigenvalue weighted by Crippen LogP contribution is 2.29. The number of rotatable bonds is 2. The quantitative estimate of drug-likeness (QED) is 0.257. The third-order valence-electron chi connectivity index (χ3n) is 4.37. The zero-order valence-electron chi connectivity index (χ0n) is 13.5. The lowest BCUT2D eigenvalue weighted by atomic mass is 9.99. The molecule has 0 saturated carbocycles. The molecule has 0 aliphatic carbocycles. The lowest BCUT2D eigenvalue weighted by molar-refractivity contribution is 1.46. The van der Waals surface area contributed by atoms with E-state index in [1.807, 2.05) is 0 Å². The van der Waals surface area contributed by atoms with Crippen LogP contribution in [0.4, 0.5) is 0 Å². The van der Waals surface area contributed by atoms with Crippen molar-refractivity contribution in [3.05, 3.63) is 94.0 Å². The molecule has 0 fully saturated rings. The summed E-state index contributed by atoms with van der Waals surface area (Å²) in [6.07, 6.45) is 4.35. The first-order valence-corrected chi connectivity index (χ1v) is 8.85. The molecular formula is C23H17Br. The van der Waals surface area contributed by atoms with Crippen molar-refractivity contribution in [2.75, 3.05) is 0 Å². The molecule has 0 radical (unpaired) electrons. The van der Waals surface area contributed by atoms with Gasteiger partial charge in [-0.25, -0.2) is 0 Å². The van der Waals surface area contributed by atoms with Crippen molar-refractivity contribution in [3.63, 3.8) is 0 Å². The van der Waals surface area contributed by atoms with E-state index in [1.54, 1.807) is 0 Å². The predicted octanol–water partition coefficient (Wildman–Crippen LogP) is 7.23. The zero-order valence-corrected chi connectivity index (χ0v) is 15.0. The molecule has 0 aromatic heterocycles. The van der Waals surface area contributed by atoms with Gasteiger partial charge in [-0.2, -0.15) is 0 Å². The first kappa shape index (κ1) is 15.2. The fourth-order valence-corrected chi connectivity index (χ4v) is 3.37. The molecular weight excluding hydrogens is 356 g/mol. The third kappa shape index (κ3) is 3.00. The van der Waals surface area contributed by atoms with Gasteiger partial charge in [-0.3, -0.25) is 0 Å². The summed E-state index contributed by atoms with van der Waals surface area (Å²) in [6.45, 7) is 2.11. The maximum absolute atomic E-state index is 3.59. The Hall–Kier alpha value is -2.38. The summed E-state index contributed by atoms with van der Waals surface area (Å²) in [5.41, 5.74) is 3.73. The van der Waals surface area contributed by atoms with Crippen molar-refractivity contribution in [1.29, 1.82) is 0 Å². The summed E-state index contributed by atoms with van der Waals surface area (Å²) in [5.74, 6) is 0. The van der Waals surface area contributed by atoms with Crippen LogP contribution in [-0.2, 0) is 0 Å². The lowest BCUT2D eigenvalue weighted by Crippen LogP contribution is -1.80. The number of hydrogen-bond acceptors (Lipinski definition) is 0. The van der Waals surface area contributed by atoms with E-state index in [2.05, 4.69) is 108 Å². The van der Waals surface area contributed by atoms with Crippen LogP contribution in [0.5, 0.6) is 0 Å². The van der Waals surface area contributed by atoms with E-state index in [0.717, 1.165) is 4.47 Å². The van der Waals surface area contributed by atoms with Crippen LogP contribution in [0.25, 0.3) is 33.7 Å². The second-order valence-electron chi connectivity index (χ2n) is 6.16. The molecule has 0 bridgehead atoms. The number of halogens is 1. The molecule has 4 rings (SSSR count). The highest BCUT2D eigenvalue weighted by atomic mass is 79.9. The van der Waals surface area contributed by atoms with E-state index in [1.165, 1.54) is 38.2 Å². The zero-order chi connectivity index (χ0) is 16.5. The van der Waals surface area contributed by atoms with Gasteiger partial charge in [0, 0.05) is 4.47 Å². The van der Waals surface area contributed by atoms with Gasteiger partial charge in [0.2, 0.25) is 0 Å². The summed E-state index contributed by atoms with van der Waals surface area (Å²) in [5, 5.41) is 5.12. The number of fused-ring (bicyclic) bond motifs is 3. The lowest BCUT2D eigenvalue weighted by Gasteiger charge is -2.06. The van der Waals surface area contributed by atoms with Crippen LogP contribution in [0.1, 0.15) is 16.7 Å². The molecule has 0 amide bonds. The fourth-order valence-electron chi connectivity index (χ4n) is 3.01. The summed E-state index contributed by atoms with van der Waals surface area (Å²) >= 11 is 3.59. The highest BCUT2D eigenvalue weighted by molar-refractivity contribution is 9.10. The Morgan fingerprint density at radius 3 is 1.92 bits per heavy atom. The van der Waals surface area contributed by atoms with E-state index >= 15 is 0 Å². The summed E-state index contributed by atoms with van der Waals surface area (Å²) < 4.78 is 1.11. The van der Waals surface area contributed by atoms with E-state index in [-0.39, 0.29) is 0 Å². The van der Waals surface area contributed by atoms with Crippen molar-refractivity contribution in [1.82, 2.24) is 0 Å². The normalized spacial score (nSPS) is 11.6. The average Bonchev–Trinajstić information content (AvgIpc) is 2.61. The van der Waals surface area contributed by atoms with Crippen molar-refractivity contribution in [2.24, 2.45) is 0 Å². The second-order valence-corrected chi connectivity index (χ2v) is 7.07. The highest BCUT2D eigenvalue weighted by Gasteiger charge is 2.02. The molecule has 0 unspecified atom stereocenters. The van der Waals surface area contributed by atoms with Crippen molar-refractivity contribution in [3.8, 4) is 0 Å². The molecule has 0 atom stereocenters. The molecule has 4 aromatic carbocycles. The van der Waals surface area contributed by atoms with E-state index in [4.69, 9.17) is 0 Å². The topological polar surface area (TPSA) is 0 Å². The van der Waals surface area contributed by atoms with Gasteiger partial charge in [-0.1, -0.05) is 88.2 Å². The van der Waals surface area contributed by atoms with Gasteiger partial charge in [0.05, 0.1) is 0 Å². The Bertz CT molecular complexity index is 1060. The smallest absolute Gasteiger partial charge is 0.0181 e. The Morgan fingerprint density at radius 2 is 1.17 bits per heavy atom. The van der Waals surface area contributed by atoms with E-state index < -0.39 is 0 Å². The molecule has 116 valence electrons. The second kappa shape index (κ2) is 6.26. The van der Waals surface area contributed by atoms with Gasteiger partial charge < -0.3 is 0 Å². The predicted molar refractivity (Wildman–Crippen MR) is 109 cm³/mol. The van der Waals surface area contributed by atoms with Gasteiger partial charge in [0.15, 0.2) is 0 Å². The number of aryl methyl sites for hydroxylation is 1. The maximum Gasteiger partial charge on any atom is 0.0181 e. The third-order valence-corrected chi connectivity index (χ3v) is 4.86. The standard InChI is InChI=1S/C23H17Br/c1-16-2-4-17(5-3-16)6-7-18-8-9-19-10-11-20-12-13-21(24)15-23(20)22(19)14-18/h2-15H,1H3/b7-6+. The van der Waals surface area contributed by atoms with Crippen LogP contribution >= 0.6 is 15.9 Å². The largest absolute Gasteiger partial charge is 0.0587 e. The van der Waals surface area contributed by atoms with Gasteiger partial charge in [0.25, 0.3) is 0 Å². The maximum atomic E-state index is 3.59. The molecule has 0 nitrogen and oxygen atoms in total. The van der Waals surface area contributed by atoms with Crippen molar-refractivity contribution >= 4 is 49.6 Å². The van der Waals surface area contributed by atoms with Crippen LogP contribution < -0.4 is 0 Å². The number of hydrogen-bond donors (Lipinski definition) is 0. The molecule has 0 saturated heterocycles. The SMILES string of the molecule is Cc1ccc(/C=C/c2ccc3ccc4ccc(Br)cc4c3c2)cc1. The van der Waals surface area contributed by atoms with Crippen molar-refractivity contribution < 1.29 is 0 Å². The van der Waals surface area contributed by atoms with Gasteiger partial charge in [-0.15, -0.1) is 0 Å². The number of benzene rings is 4. The van der Waals surface area contributed by atoms with Gasteiger partial charge in [0.1, 0.15) is 0 Å². The monoisotopic (exact) mass is 372 g/mol. The molecule has 4 aromatic rings. The van der Waals surface area contributed by atoms with Crippen LogP contribution in [0.15, 0.2) is 77.3 Å².